The summed E-state index contributed by atoms with van der Waals surface area (Å²) in [5.74, 6) is 0. The van der Waals surface area contributed by atoms with Gasteiger partial charge in [0.05, 0.1) is 0 Å². The van der Waals surface area contributed by atoms with E-state index in [4.69, 9.17) is 0 Å². The van der Waals surface area contributed by atoms with Gasteiger partial charge in [-0.25, -0.2) is 0 Å². The Morgan fingerprint density at radius 1 is 1.86 bits per heavy atom. The van der Waals surface area contributed by atoms with Gasteiger partial charge in [0.1, 0.15) is 0 Å². The van der Waals surface area contributed by atoms with E-state index in [1.807, 2.05) is 0 Å². The number of hydrogen-bond acceptors (Lipinski definition) is 1. The van der Waals surface area contributed by atoms with Crippen molar-refractivity contribution in [3.05, 3.63) is 12.7 Å². The monoisotopic (exact) mass is 99.1 g/mol. The van der Waals surface area contributed by atoms with Crippen molar-refractivity contribution in [3.8, 4) is 0 Å². The Morgan fingerprint density at radius 2 is 2.43 bits per heavy atom. The van der Waals surface area contributed by atoms with Gasteiger partial charge in [-0.3, -0.25) is 4.79 Å². The number of hydrogen-bond donors (Lipinski definition) is 0. The molecule has 0 aromatic heterocycles. The molecule has 0 aliphatic heterocycles. The summed E-state index contributed by atoms with van der Waals surface area (Å²) in [6.45, 7) is 4.08. The molecule has 7 heavy (non-hydrogen) atoms. The van der Waals surface area contributed by atoms with E-state index in [-0.39, 0.29) is 0 Å². The van der Waals surface area contributed by atoms with Gasteiger partial charge >= 0.3 is 0 Å². The van der Waals surface area contributed by atoms with Crippen LogP contribution in [-0.2, 0) is 4.79 Å². The van der Waals surface area contributed by atoms with Gasteiger partial charge in [0.2, 0.25) is 6.41 Å². The van der Waals surface area contributed by atoms with E-state index in [1.165, 1.54) is 4.90 Å². The molecule has 1 amide bonds. The first-order chi connectivity index (χ1) is 3.31. The number of nitrogens with zero attached hydrogens (tertiary/aromatic N) is 1. The average Bonchev–Trinajstić information content (AvgIpc) is 1.68. The summed E-state index contributed by atoms with van der Waals surface area (Å²) in [5.41, 5.74) is 0. The maximum absolute atomic E-state index is 9.77. The van der Waals surface area contributed by atoms with Gasteiger partial charge in [-0.1, -0.05) is 6.08 Å². The van der Waals surface area contributed by atoms with Crippen LogP contribution in [0.2, 0.25) is 0 Å². The number of carbonyl (C=O) groups excluding carboxylic acids is 1. The lowest BCUT2D eigenvalue weighted by molar-refractivity contribution is -0.116. The van der Waals surface area contributed by atoms with Crippen LogP contribution in [0.1, 0.15) is 0 Å². The van der Waals surface area contributed by atoms with Crippen LogP contribution in [0.4, 0.5) is 0 Å². The Kier molecular flexibility index (Phi) is 3.02. The van der Waals surface area contributed by atoms with Crippen molar-refractivity contribution in [3.63, 3.8) is 0 Å². The predicted octanol–water partition coefficient (Wildman–Crippen LogP) is 0.261. The van der Waals surface area contributed by atoms with E-state index in [9.17, 15) is 4.79 Å². The van der Waals surface area contributed by atoms with Crippen molar-refractivity contribution >= 4 is 6.41 Å². The standard InChI is InChI=1S/C5H9NO/c1-3-4-6(2)5-7/h3,5H,1,4H2,2H3. The Labute approximate surface area is 43.4 Å². The molecule has 0 saturated heterocycles. The van der Waals surface area contributed by atoms with Gasteiger partial charge in [-0.2, -0.15) is 0 Å². The summed E-state index contributed by atoms with van der Waals surface area (Å²) < 4.78 is 0. The fourth-order valence-electron chi connectivity index (χ4n) is 0.247. The Morgan fingerprint density at radius 3 is 2.57 bits per heavy atom. The van der Waals surface area contributed by atoms with Crippen molar-refractivity contribution in [2.75, 3.05) is 13.6 Å². The molecule has 0 atom stereocenters. The Hall–Kier alpha value is -0.790. The normalized spacial score (nSPS) is 7.57. The van der Waals surface area contributed by atoms with Crippen molar-refractivity contribution in [1.29, 1.82) is 0 Å². The smallest absolute Gasteiger partial charge is 0.209 e. The van der Waals surface area contributed by atoms with E-state index < -0.39 is 0 Å². The van der Waals surface area contributed by atoms with Gasteiger partial charge in [0.15, 0.2) is 0 Å². The van der Waals surface area contributed by atoms with Gasteiger partial charge in [0.25, 0.3) is 0 Å². The second kappa shape index (κ2) is 3.40. The highest BCUT2D eigenvalue weighted by atomic mass is 16.1. The van der Waals surface area contributed by atoms with E-state index >= 15 is 0 Å². The molecule has 0 N–H and O–H groups in total. The third-order valence-electron chi connectivity index (χ3n) is 0.597. The van der Waals surface area contributed by atoms with Gasteiger partial charge in [-0.05, 0) is 0 Å². The summed E-state index contributed by atoms with van der Waals surface area (Å²) >= 11 is 0. The van der Waals surface area contributed by atoms with E-state index in [1.54, 1.807) is 13.1 Å². The van der Waals surface area contributed by atoms with Crippen molar-refractivity contribution in [2.24, 2.45) is 0 Å². The van der Waals surface area contributed by atoms with Crippen LogP contribution in [0.25, 0.3) is 0 Å². The molecule has 0 rings (SSSR count). The lowest BCUT2D eigenvalue weighted by atomic mass is 10.6. The van der Waals surface area contributed by atoms with E-state index in [0.29, 0.717) is 6.54 Å². The zero-order valence-electron chi connectivity index (χ0n) is 4.42. The molecular weight excluding hydrogens is 90.1 g/mol. The fraction of sp³-hybridized carbons (Fsp3) is 0.400. The summed E-state index contributed by atoms with van der Waals surface area (Å²) in [4.78, 5) is 11.3. The number of amides is 1. The van der Waals surface area contributed by atoms with Crippen LogP contribution in [0.15, 0.2) is 12.7 Å². The number of carbonyl (C=O) groups is 1. The summed E-state index contributed by atoms with van der Waals surface area (Å²) in [5, 5.41) is 0. The fourth-order valence-corrected chi connectivity index (χ4v) is 0.247. The summed E-state index contributed by atoms with van der Waals surface area (Å²) in [6.07, 6.45) is 2.44. The molecule has 0 saturated carbocycles. The molecule has 0 aliphatic rings. The minimum Gasteiger partial charge on any atom is -0.345 e. The second-order valence-electron chi connectivity index (χ2n) is 1.33. The number of likely N-dealkylation sites (N-methyl/N-ethyl adjacent to an activating group) is 1. The van der Waals surface area contributed by atoms with Crippen molar-refractivity contribution in [1.82, 2.24) is 4.90 Å². The van der Waals surface area contributed by atoms with Gasteiger partial charge < -0.3 is 4.90 Å². The topological polar surface area (TPSA) is 20.3 Å². The van der Waals surface area contributed by atoms with Crippen LogP contribution in [0, 0.1) is 0 Å². The zero-order valence-corrected chi connectivity index (χ0v) is 4.42. The second-order valence-corrected chi connectivity index (χ2v) is 1.33. The summed E-state index contributed by atoms with van der Waals surface area (Å²) in [6, 6.07) is 0. The molecule has 40 valence electrons. The highest BCUT2D eigenvalue weighted by Crippen LogP contribution is 1.71. The molecular formula is C5H9NO. The molecule has 0 bridgehead atoms. The van der Waals surface area contributed by atoms with Gasteiger partial charge in [-0.15, -0.1) is 6.58 Å². The molecule has 0 aromatic rings. The predicted molar refractivity (Wildman–Crippen MR) is 28.9 cm³/mol. The Bertz CT molecular complexity index is 70.5. The highest BCUT2D eigenvalue weighted by Gasteiger charge is 1.81. The Balaban J connectivity index is 3.15. The highest BCUT2D eigenvalue weighted by molar-refractivity contribution is 5.46. The van der Waals surface area contributed by atoms with Crippen LogP contribution >= 0.6 is 0 Å². The molecule has 0 fully saturated rings. The molecule has 0 heterocycles. The van der Waals surface area contributed by atoms with Crippen LogP contribution in [-0.4, -0.2) is 24.9 Å². The quantitative estimate of drug-likeness (QED) is 0.367. The zero-order chi connectivity index (χ0) is 5.70. The molecule has 0 aliphatic carbocycles. The van der Waals surface area contributed by atoms with E-state index in [0.717, 1.165) is 6.41 Å². The first-order valence-electron chi connectivity index (χ1n) is 2.07. The maximum Gasteiger partial charge on any atom is 0.209 e. The number of rotatable bonds is 3. The third-order valence-corrected chi connectivity index (χ3v) is 0.597. The van der Waals surface area contributed by atoms with Crippen molar-refractivity contribution in [2.45, 2.75) is 0 Å². The average molecular weight is 99.1 g/mol. The summed E-state index contributed by atoms with van der Waals surface area (Å²) in [7, 11) is 1.70. The minimum atomic E-state index is 0.628. The molecule has 2 nitrogen and oxygen atoms in total. The van der Waals surface area contributed by atoms with Crippen LogP contribution in [0.5, 0.6) is 0 Å². The van der Waals surface area contributed by atoms with Crippen LogP contribution in [0.3, 0.4) is 0 Å². The lowest BCUT2D eigenvalue weighted by Crippen LogP contribution is -2.14. The molecule has 0 radical (unpaired) electrons. The third kappa shape index (κ3) is 3.03. The minimum absolute atomic E-state index is 0.628. The SMILES string of the molecule is C=CCN(C)C=O. The first kappa shape index (κ1) is 6.21. The largest absolute Gasteiger partial charge is 0.345 e. The molecule has 2 heteroatoms. The molecule has 0 unspecified atom stereocenters. The van der Waals surface area contributed by atoms with E-state index in [2.05, 4.69) is 6.58 Å². The van der Waals surface area contributed by atoms with Crippen LogP contribution < -0.4 is 0 Å². The van der Waals surface area contributed by atoms with Crippen molar-refractivity contribution < 1.29 is 4.79 Å². The molecule has 0 spiro atoms. The first-order valence-corrected chi connectivity index (χ1v) is 2.07. The van der Waals surface area contributed by atoms with Gasteiger partial charge in [0, 0.05) is 13.6 Å². The molecule has 0 aromatic carbocycles. The maximum atomic E-state index is 9.77. The lowest BCUT2D eigenvalue weighted by Gasteiger charge is -2.03.